The van der Waals surface area contributed by atoms with Crippen LogP contribution in [0.3, 0.4) is 0 Å². The molecule has 0 aliphatic rings. The molecule has 1 rings (SSSR count). The van der Waals surface area contributed by atoms with Crippen LogP contribution in [0.4, 0.5) is 0 Å². The standard InChI is InChI=1S/C74H146P4/c1-9-17-25-33-41-49-57-75(58-50-42-34-26-18-10-2)67-71-65-73(69-77(61-53-45-37-29-21-13-5)62-54-46-38-30-22-14-6)74(70-78(63-55-47-39-31-23-15-7)64-56-48-40-32-24-16-8)66-72(71)68-76(59-51-43-35-27-19-11-3)60-52-44-36-28-20-12-4/h65-66H,9-64,67-70H2,1-8H3. The molecule has 0 heterocycles. The Morgan fingerprint density at radius 2 is 0.282 bits per heavy atom. The van der Waals surface area contributed by atoms with Gasteiger partial charge in [0, 0.05) is 0 Å². The summed E-state index contributed by atoms with van der Waals surface area (Å²) in [4.78, 5) is 0. The quantitative estimate of drug-likeness (QED) is 0.0450. The molecule has 0 spiro atoms. The Labute approximate surface area is 500 Å². The number of rotatable bonds is 64. The summed E-state index contributed by atoms with van der Waals surface area (Å²) in [6, 6.07) is 6.15. The maximum Gasteiger partial charge on any atom is -0.00701 e. The van der Waals surface area contributed by atoms with E-state index in [1.807, 2.05) is 22.3 Å². The van der Waals surface area contributed by atoms with Crippen molar-refractivity contribution in [3.8, 4) is 0 Å². The highest BCUT2D eigenvalue weighted by Gasteiger charge is 2.22. The van der Waals surface area contributed by atoms with Crippen molar-refractivity contribution in [1.82, 2.24) is 0 Å². The lowest BCUT2D eigenvalue weighted by Crippen LogP contribution is -2.07. The van der Waals surface area contributed by atoms with Crippen LogP contribution in [0.15, 0.2) is 12.1 Å². The number of benzene rings is 1. The second kappa shape index (κ2) is 61.0. The Bertz CT molecular complexity index is 1070. The Morgan fingerprint density at radius 1 is 0.167 bits per heavy atom. The highest BCUT2D eigenvalue weighted by molar-refractivity contribution is 7.58. The summed E-state index contributed by atoms with van der Waals surface area (Å²) < 4.78 is 0. The average Bonchev–Trinajstić information content (AvgIpc) is 3.44. The van der Waals surface area contributed by atoms with Crippen LogP contribution in [-0.4, -0.2) is 49.3 Å². The van der Waals surface area contributed by atoms with Gasteiger partial charge in [-0.1, -0.05) is 324 Å². The van der Waals surface area contributed by atoms with Gasteiger partial charge in [-0.25, -0.2) is 0 Å². The highest BCUT2D eigenvalue weighted by Crippen LogP contribution is 2.51. The highest BCUT2D eigenvalue weighted by atomic mass is 31.1. The van der Waals surface area contributed by atoms with E-state index >= 15 is 0 Å². The van der Waals surface area contributed by atoms with Gasteiger partial charge in [-0.15, -0.1) is 31.7 Å². The van der Waals surface area contributed by atoms with Crippen LogP contribution in [0.1, 0.15) is 386 Å². The number of hydrogen-bond donors (Lipinski definition) is 0. The molecule has 462 valence electrons. The first-order chi connectivity index (χ1) is 38.5. The molecule has 0 aliphatic carbocycles. The smallest absolute Gasteiger partial charge is 0.00701 e. The summed E-state index contributed by atoms with van der Waals surface area (Å²) in [5.74, 6) is 0. The van der Waals surface area contributed by atoms with Gasteiger partial charge in [-0.05, 0) is 148 Å². The molecular formula is C74H146P4. The van der Waals surface area contributed by atoms with Crippen LogP contribution >= 0.6 is 31.7 Å². The SMILES string of the molecule is CCCCCCCCP(CCCCCCCC)Cc1cc(CP(CCCCCCCC)CCCCCCCC)c(CP(CCCCCCCC)CCCCCCCC)cc1CP(CCCCCCCC)CCCCCCCC. The monoisotopic (exact) mass is 1160 g/mol. The summed E-state index contributed by atoms with van der Waals surface area (Å²) >= 11 is 0. The molecule has 0 radical (unpaired) electrons. The molecule has 0 saturated carbocycles. The van der Waals surface area contributed by atoms with Gasteiger partial charge in [-0.3, -0.25) is 0 Å². The lowest BCUT2D eigenvalue weighted by Gasteiger charge is -2.28. The van der Waals surface area contributed by atoms with Crippen molar-refractivity contribution in [3.05, 3.63) is 34.4 Å². The second-order valence-electron chi connectivity index (χ2n) is 25.6. The molecule has 0 saturated heterocycles. The van der Waals surface area contributed by atoms with E-state index in [0.717, 1.165) is 0 Å². The van der Waals surface area contributed by atoms with Crippen molar-refractivity contribution in [2.45, 2.75) is 388 Å². The molecule has 0 nitrogen and oxygen atoms in total. The fraction of sp³-hybridized carbons (Fsp3) is 0.919. The van der Waals surface area contributed by atoms with E-state index in [2.05, 4.69) is 67.5 Å². The molecule has 0 N–H and O–H groups in total. The van der Waals surface area contributed by atoms with Crippen molar-refractivity contribution >= 4 is 31.7 Å². The first-order valence-corrected chi connectivity index (χ1v) is 44.1. The van der Waals surface area contributed by atoms with Crippen molar-refractivity contribution in [2.24, 2.45) is 0 Å². The van der Waals surface area contributed by atoms with Crippen molar-refractivity contribution in [1.29, 1.82) is 0 Å². The topological polar surface area (TPSA) is 0 Å². The van der Waals surface area contributed by atoms with E-state index in [0.29, 0.717) is 0 Å². The third kappa shape index (κ3) is 47.2. The summed E-state index contributed by atoms with van der Waals surface area (Å²) in [6.45, 7) is 19.1. The van der Waals surface area contributed by atoms with Crippen LogP contribution in [0.2, 0.25) is 0 Å². The van der Waals surface area contributed by atoms with Crippen molar-refractivity contribution < 1.29 is 0 Å². The Balaban J connectivity index is 4.05. The predicted octanol–water partition coefficient (Wildman–Crippen LogP) is 28.5. The molecule has 0 atom stereocenters. The van der Waals surface area contributed by atoms with Gasteiger partial charge >= 0.3 is 0 Å². The number of unbranched alkanes of at least 4 members (excludes halogenated alkanes) is 40. The van der Waals surface area contributed by atoms with Gasteiger partial charge in [0.15, 0.2) is 0 Å². The molecule has 0 amide bonds. The third-order valence-corrected chi connectivity index (χ3v) is 28.5. The Hall–Kier alpha value is 0.940. The zero-order valence-corrected chi connectivity index (χ0v) is 58.9. The molecule has 0 bridgehead atoms. The van der Waals surface area contributed by atoms with E-state index in [9.17, 15) is 0 Å². The van der Waals surface area contributed by atoms with Crippen LogP contribution in [0.25, 0.3) is 0 Å². The van der Waals surface area contributed by atoms with E-state index in [1.165, 1.54) is 333 Å². The van der Waals surface area contributed by atoms with Crippen molar-refractivity contribution in [2.75, 3.05) is 49.3 Å². The molecule has 0 aliphatic heterocycles. The summed E-state index contributed by atoms with van der Waals surface area (Å²) in [5, 5.41) is 0. The third-order valence-electron chi connectivity index (χ3n) is 17.7. The molecule has 0 unspecified atom stereocenters. The zero-order chi connectivity index (χ0) is 56.5. The molecular weight excluding hydrogens is 1010 g/mol. The molecule has 0 aromatic heterocycles. The molecule has 1 aromatic rings. The van der Waals surface area contributed by atoms with Crippen LogP contribution in [0, 0.1) is 0 Å². The normalized spacial score (nSPS) is 12.1. The van der Waals surface area contributed by atoms with Crippen molar-refractivity contribution in [3.63, 3.8) is 0 Å². The predicted molar refractivity (Wildman–Crippen MR) is 375 cm³/mol. The van der Waals surface area contributed by atoms with E-state index in [1.54, 1.807) is 49.3 Å². The first-order valence-electron chi connectivity index (χ1n) is 36.5. The zero-order valence-electron chi connectivity index (χ0n) is 55.4. The van der Waals surface area contributed by atoms with Gasteiger partial charge in [0.05, 0.1) is 0 Å². The van der Waals surface area contributed by atoms with Crippen LogP contribution < -0.4 is 0 Å². The largest absolute Gasteiger partial charge is 0.102 e. The minimum Gasteiger partial charge on any atom is -0.102 e. The Morgan fingerprint density at radius 3 is 0.410 bits per heavy atom. The van der Waals surface area contributed by atoms with Crippen LogP contribution in [0.5, 0.6) is 0 Å². The van der Waals surface area contributed by atoms with E-state index in [4.69, 9.17) is 0 Å². The van der Waals surface area contributed by atoms with Crippen LogP contribution in [-0.2, 0) is 24.6 Å². The van der Waals surface area contributed by atoms with E-state index < -0.39 is 0 Å². The Kier molecular flexibility index (Phi) is 60.2. The fourth-order valence-electron chi connectivity index (χ4n) is 12.3. The van der Waals surface area contributed by atoms with Gasteiger partial charge in [0.25, 0.3) is 0 Å². The second-order valence-corrected chi connectivity index (χ2v) is 35.8. The first kappa shape index (κ1) is 77.0. The van der Waals surface area contributed by atoms with Gasteiger partial charge in [-0.2, -0.15) is 0 Å². The molecule has 4 heteroatoms. The molecule has 78 heavy (non-hydrogen) atoms. The lowest BCUT2D eigenvalue weighted by atomic mass is 10.0. The molecule has 0 fully saturated rings. The van der Waals surface area contributed by atoms with Gasteiger partial charge < -0.3 is 0 Å². The summed E-state index contributed by atoms with van der Waals surface area (Å²) in [7, 11) is 0.110. The minimum atomic E-state index is 0.0274. The van der Waals surface area contributed by atoms with Gasteiger partial charge in [0.2, 0.25) is 0 Å². The molecule has 1 aromatic carbocycles. The average molecular weight is 1160 g/mol. The fourth-order valence-corrected chi connectivity index (χ4v) is 23.0. The van der Waals surface area contributed by atoms with E-state index in [-0.39, 0.29) is 31.7 Å². The maximum atomic E-state index is 3.08. The number of hydrogen-bond acceptors (Lipinski definition) is 0. The summed E-state index contributed by atoms with van der Waals surface area (Å²) in [5.41, 5.74) is 7.67. The summed E-state index contributed by atoms with van der Waals surface area (Å²) in [6.07, 6.45) is 87.9. The lowest BCUT2D eigenvalue weighted by molar-refractivity contribution is 0.621. The maximum absolute atomic E-state index is 3.08. The van der Waals surface area contributed by atoms with Gasteiger partial charge in [0.1, 0.15) is 0 Å². The minimum absolute atomic E-state index is 0.0274.